The lowest BCUT2D eigenvalue weighted by molar-refractivity contribution is -0.111. The molecule has 10 heteroatoms. The van der Waals surface area contributed by atoms with Crippen LogP contribution in [0.1, 0.15) is 0 Å². The molecule has 0 rings (SSSR count). The lowest BCUT2D eigenvalue weighted by Crippen LogP contribution is -2.32. The zero-order valence-corrected chi connectivity index (χ0v) is 11.8. The normalized spacial score (nSPS) is 15.9. The summed E-state index contributed by atoms with van der Waals surface area (Å²) in [6.45, 7) is 0. The molecule has 0 aliphatic heterocycles. The molecule has 0 saturated carbocycles. The molecule has 106 valence electrons. The topological polar surface area (TPSA) is 0 Å². The summed E-state index contributed by atoms with van der Waals surface area (Å²) in [6.07, 6.45) is -0.483. The minimum atomic E-state index is -4.64. The maximum absolute atomic E-state index is 12.6. The zero-order chi connectivity index (χ0) is 14.8. The van der Waals surface area contributed by atoms with Gasteiger partial charge in [-0.1, -0.05) is 12.2 Å². The Morgan fingerprint density at radius 3 is 1.33 bits per heavy atom. The number of allylic oxidation sites excluding steroid dienone is 4. The highest BCUT2D eigenvalue weighted by Gasteiger charge is 2.53. The maximum Gasteiger partial charge on any atom is 0.367 e. The van der Waals surface area contributed by atoms with Gasteiger partial charge in [-0.2, -0.15) is 35.1 Å². The van der Waals surface area contributed by atoms with Gasteiger partial charge in [-0.25, -0.2) is 0 Å². The van der Waals surface area contributed by atoms with Crippen LogP contribution in [0.25, 0.3) is 0 Å². The Labute approximate surface area is 118 Å². The van der Waals surface area contributed by atoms with Crippen LogP contribution < -0.4 is 0 Å². The molecule has 0 aliphatic carbocycles. The fraction of sp³-hybridized carbons (Fsp3) is 0.500. The Kier molecular flexibility index (Phi) is 5.67. The van der Waals surface area contributed by atoms with Crippen LogP contribution in [0.5, 0.6) is 0 Å². The summed E-state index contributed by atoms with van der Waals surface area (Å²) < 4.78 is 94.6. The van der Waals surface area contributed by atoms with Crippen molar-refractivity contribution < 1.29 is 35.1 Å². The molecule has 18 heavy (non-hydrogen) atoms. The second-order valence-corrected chi connectivity index (χ2v) is 5.31. The minimum absolute atomic E-state index is 0.130. The lowest BCUT2D eigenvalue weighted by Gasteiger charge is -2.18. The molecule has 0 aromatic rings. The molecule has 0 aromatic carbocycles. The van der Waals surface area contributed by atoms with Crippen LogP contribution in [-0.2, 0) is 0 Å². The third kappa shape index (κ3) is 5.02. The van der Waals surface area contributed by atoms with Crippen LogP contribution in [0, 0.1) is 0 Å². The Morgan fingerprint density at radius 2 is 1.06 bits per heavy atom. The molecule has 0 saturated heterocycles. The van der Waals surface area contributed by atoms with Crippen LogP contribution in [0.3, 0.4) is 0 Å². The van der Waals surface area contributed by atoms with Crippen molar-refractivity contribution in [2.45, 2.75) is 20.6 Å². The summed E-state index contributed by atoms with van der Waals surface area (Å²) in [5, 5.41) is 0. The molecule has 0 fully saturated rings. The molecule has 0 N–H and O–H groups in total. The summed E-state index contributed by atoms with van der Waals surface area (Å²) in [4.78, 5) is -4.57. The van der Waals surface area contributed by atoms with E-state index in [4.69, 9.17) is 0 Å². The van der Waals surface area contributed by atoms with Gasteiger partial charge in [0.1, 0.15) is 0 Å². The van der Waals surface area contributed by atoms with Gasteiger partial charge in [-0.15, -0.1) is 0 Å². The first kappa shape index (κ1) is 18.1. The first-order valence-corrected chi connectivity index (χ1v) is 5.84. The van der Waals surface area contributed by atoms with Crippen molar-refractivity contribution in [2.75, 3.05) is 0 Å². The van der Waals surface area contributed by atoms with Crippen LogP contribution in [0.2, 0.25) is 0 Å². The van der Waals surface area contributed by atoms with E-state index in [1.807, 2.05) is 0 Å². The first-order valence-electron chi connectivity index (χ1n) is 3.97. The third-order valence-electron chi connectivity index (χ3n) is 1.48. The van der Waals surface area contributed by atoms with Crippen molar-refractivity contribution in [3.05, 3.63) is 24.3 Å². The molecular formula is C8H4BrF8I. The van der Waals surface area contributed by atoms with Gasteiger partial charge in [-0.05, 0) is 28.1 Å². The second kappa shape index (κ2) is 5.63. The number of rotatable bonds is 5. The SMILES string of the molecule is FC(F)(Br)C(F)(F)C=CC=CC(F)(F)C(F)(F)I. The summed E-state index contributed by atoms with van der Waals surface area (Å²) >= 11 is 1.56. The smallest absolute Gasteiger partial charge is 0.194 e. The maximum atomic E-state index is 12.6. The van der Waals surface area contributed by atoms with E-state index in [9.17, 15) is 35.1 Å². The van der Waals surface area contributed by atoms with Crippen molar-refractivity contribution in [1.29, 1.82) is 0 Å². The van der Waals surface area contributed by atoms with Gasteiger partial charge in [-0.3, -0.25) is 0 Å². The van der Waals surface area contributed by atoms with E-state index in [1.165, 1.54) is 15.9 Å². The van der Waals surface area contributed by atoms with Crippen molar-refractivity contribution in [1.82, 2.24) is 0 Å². The number of halogens is 10. The molecule has 0 unspecified atom stereocenters. The Hall–Kier alpha value is 0.130. The Morgan fingerprint density at radius 1 is 0.722 bits per heavy atom. The molecule has 0 atom stereocenters. The van der Waals surface area contributed by atoms with Crippen LogP contribution >= 0.6 is 38.5 Å². The summed E-state index contributed by atoms with van der Waals surface area (Å²) in [5.74, 6) is -9.22. The number of hydrogen-bond donors (Lipinski definition) is 0. The fourth-order valence-electron chi connectivity index (χ4n) is 0.542. The molecule has 0 bridgehead atoms. The number of alkyl halides is 10. The van der Waals surface area contributed by atoms with E-state index in [1.54, 1.807) is 0 Å². The summed E-state index contributed by atoms with van der Waals surface area (Å²) in [5.41, 5.74) is 0. The van der Waals surface area contributed by atoms with Crippen molar-refractivity contribution >= 4 is 38.5 Å². The van der Waals surface area contributed by atoms with Gasteiger partial charge in [0.2, 0.25) is 0 Å². The van der Waals surface area contributed by atoms with Gasteiger partial charge in [0.05, 0.1) is 0 Å². The summed E-state index contributed by atoms with van der Waals surface area (Å²) in [6, 6.07) is 0. The Balaban J connectivity index is 4.80. The van der Waals surface area contributed by atoms with Crippen molar-refractivity contribution in [3.8, 4) is 0 Å². The first-order chi connectivity index (χ1) is 7.71. The summed E-state index contributed by atoms with van der Waals surface area (Å²) in [7, 11) is 0. The van der Waals surface area contributed by atoms with E-state index in [-0.39, 0.29) is 46.9 Å². The number of hydrogen-bond acceptors (Lipinski definition) is 0. The predicted octanol–water partition coefficient (Wildman–Crippen LogP) is 5.38. The van der Waals surface area contributed by atoms with E-state index >= 15 is 0 Å². The highest BCUT2D eigenvalue weighted by Crippen LogP contribution is 2.41. The van der Waals surface area contributed by atoms with Crippen LogP contribution in [0.15, 0.2) is 24.3 Å². The van der Waals surface area contributed by atoms with E-state index in [0.29, 0.717) is 0 Å². The standard InChI is InChI=1S/C8H4BrF8I/c9-7(14,15)5(10,11)3-1-2-4-6(12,13)8(16,17)18/h1-4H. The highest BCUT2D eigenvalue weighted by atomic mass is 127. The van der Waals surface area contributed by atoms with E-state index in [2.05, 4.69) is 0 Å². The molecule has 0 nitrogen and oxygen atoms in total. The average Bonchev–Trinajstić information content (AvgIpc) is 2.08. The highest BCUT2D eigenvalue weighted by molar-refractivity contribution is 14.1. The van der Waals surface area contributed by atoms with Gasteiger partial charge in [0.25, 0.3) is 0 Å². The molecular weight excluding hydrogens is 455 g/mol. The van der Waals surface area contributed by atoms with Gasteiger partial charge in [0.15, 0.2) is 0 Å². The average molecular weight is 459 g/mol. The second-order valence-electron chi connectivity index (χ2n) is 2.96. The fourth-order valence-corrected chi connectivity index (χ4v) is 0.854. The molecule has 0 spiro atoms. The molecule has 0 radical (unpaired) electrons. The van der Waals surface area contributed by atoms with Gasteiger partial charge in [0, 0.05) is 22.6 Å². The Bertz CT molecular complexity index is 304. The minimum Gasteiger partial charge on any atom is -0.194 e. The third-order valence-corrected chi connectivity index (χ3v) is 2.73. The van der Waals surface area contributed by atoms with Gasteiger partial charge >= 0.3 is 20.6 Å². The lowest BCUT2D eigenvalue weighted by atomic mass is 10.2. The largest absolute Gasteiger partial charge is 0.367 e. The molecule has 0 aliphatic rings. The monoisotopic (exact) mass is 458 g/mol. The predicted molar refractivity (Wildman–Crippen MR) is 61.0 cm³/mol. The van der Waals surface area contributed by atoms with E-state index < -0.39 is 20.6 Å². The van der Waals surface area contributed by atoms with Crippen LogP contribution in [0.4, 0.5) is 35.1 Å². The van der Waals surface area contributed by atoms with Crippen molar-refractivity contribution in [2.24, 2.45) is 0 Å². The quantitative estimate of drug-likeness (QED) is 0.224. The molecule has 0 heterocycles. The van der Waals surface area contributed by atoms with Crippen LogP contribution in [-0.4, -0.2) is 20.6 Å². The molecule has 0 aromatic heterocycles. The molecule has 0 amide bonds. The van der Waals surface area contributed by atoms with Gasteiger partial charge < -0.3 is 0 Å². The zero-order valence-electron chi connectivity index (χ0n) is 8.09. The van der Waals surface area contributed by atoms with E-state index in [0.717, 1.165) is 0 Å². The van der Waals surface area contributed by atoms with Crippen molar-refractivity contribution in [3.63, 3.8) is 0 Å².